The molecule has 1 heterocycles. The van der Waals surface area contributed by atoms with Crippen molar-refractivity contribution in [2.75, 3.05) is 13.1 Å². The smallest absolute Gasteiger partial charge is 0.410 e. The lowest BCUT2D eigenvalue weighted by molar-refractivity contribution is 0.0274. The van der Waals surface area contributed by atoms with Gasteiger partial charge in [-0.2, -0.15) is 8.42 Å². The predicted octanol–water partition coefficient (Wildman–Crippen LogP) is 3.18. The molecule has 1 saturated carbocycles. The molecule has 7 heteroatoms. The molecule has 0 bridgehead atoms. The fourth-order valence-corrected chi connectivity index (χ4v) is 4.60. The molecule has 0 N–H and O–H groups in total. The van der Waals surface area contributed by atoms with Gasteiger partial charge in [-0.25, -0.2) is 4.79 Å². The fourth-order valence-electron chi connectivity index (χ4n) is 3.35. The van der Waals surface area contributed by atoms with Crippen LogP contribution in [0.1, 0.15) is 39.2 Å². The zero-order valence-corrected chi connectivity index (χ0v) is 16.4. The Bertz CT molecular complexity index is 737. The van der Waals surface area contributed by atoms with Gasteiger partial charge in [0.25, 0.3) is 10.1 Å². The molecule has 1 aliphatic heterocycles. The maximum atomic E-state index is 12.5. The Kier molecular flexibility index (Phi) is 5.30. The number of hydrogen-bond acceptors (Lipinski definition) is 5. The van der Waals surface area contributed by atoms with Gasteiger partial charge in [0.15, 0.2) is 0 Å². The van der Waals surface area contributed by atoms with E-state index in [0.29, 0.717) is 18.0 Å². The van der Waals surface area contributed by atoms with Crippen LogP contribution in [0.5, 0.6) is 0 Å². The standard InChI is InChI=1S/C19H27NO5S/c1-19(2,3)24-18(21)20-11-16(15-9-10-15)17(12-20)25-26(22,23)13-14-7-5-4-6-8-14/h4-8,15-17H,9-13H2,1-3H3/t16-,17+/m0/s1. The van der Waals surface area contributed by atoms with E-state index >= 15 is 0 Å². The lowest BCUT2D eigenvalue weighted by Gasteiger charge is -2.24. The molecule has 0 aromatic heterocycles. The van der Waals surface area contributed by atoms with E-state index in [1.54, 1.807) is 29.2 Å². The Hall–Kier alpha value is -1.60. The Morgan fingerprint density at radius 3 is 2.38 bits per heavy atom. The van der Waals surface area contributed by atoms with E-state index < -0.39 is 27.9 Å². The topological polar surface area (TPSA) is 72.9 Å². The minimum atomic E-state index is -3.72. The maximum absolute atomic E-state index is 12.5. The number of hydrogen-bond donors (Lipinski definition) is 0. The number of nitrogens with zero attached hydrogens (tertiary/aromatic N) is 1. The number of amides is 1. The summed E-state index contributed by atoms with van der Waals surface area (Å²) in [4.78, 5) is 13.9. The van der Waals surface area contributed by atoms with Crippen molar-refractivity contribution in [3.63, 3.8) is 0 Å². The third-order valence-electron chi connectivity index (χ3n) is 4.64. The molecule has 1 saturated heterocycles. The third-order valence-corrected chi connectivity index (χ3v) is 5.87. The number of ether oxygens (including phenoxy) is 1. The third kappa shape index (κ3) is 5.20. The van der Waals surface area contributed by atoms with Gasteiger partial charge >= 0.3 is 6.09 Å². The van der Waals surface area contributed by atoms with Crippen LogP contribution in [-0.4, -0.2) is 44.2 Å². The van der Waals surface area contributed by atoms with Crippen LogP contribution >= 0.6 is 0 Å². The van der Waals surface area contributed by atoms with Crippen LogP contribution in [0.4, 0.5) is 4.79 Å². The molecule has 1 aromatic carbocycles. The Balaban J connectivity index is 1.66. The summed E-state index contributed by atoms with van der Waals surface area (Å²) >= 11 is 0. The fraction of sp³-hybridized carbons (Fsp3) is 0.632. The monoisotopic (exact) mass is 381 g/mol. The number of benzene rings is 1. The maximum Gasteiger partial charge on any atom is 0.410 e. The van der Waals surface area contributed by atoms with Gasteiger partial charge < -0.3 is 9.64 Å². The zero-order chi connectivity index (χ0) is 18.9. The summed E-state index contributed by atoms with van der Waals surface area (Å²) in [6, 6.07) is 8.98. The van der Waals surface area contributed by atoms with Crippen LogP contribution < -0.4 is 0 Å². The zero-order valence-electron chi connectivity index (χ0n) is 15.6. The molecular weight excluding hydrogens is 354 g/mol. The minimum Gasteiger partial charge on any atom is -0.444 e. The molecule has 2 atom stereocenters. The van der Waals surface area contributed by atoms with Crippen molar-refractivity contribution in [3.8, 4) is 0 Å². The molecule has 2 aliphatic rings. The van der Waals surface area contributed by atoms with E-state index in [9.17, 15) is 13.2 Å². The summed E-state index contributed by atoms with van der Waals surface area (Å²) in [5.74, 6) is 0.321. The molecule has 1 aliphatic carbocycles. The molecule has 1 amide bonds. The van der Waals surface area contributed by atoms with Gasteiger partial charge in [-0.05, 0) is 45.1 Å². The minimum absolute atomic E-state index is 0.0491. The van der Waals surface area contributed by atoms with Gasteiger partial charge in [-0.1, -0.05) is 30.3 Å². The van der Waals surface area contributed by atoms with Crippen molar-refractivity contribution in [3.05, 3.63) is 35.9 Å². The first-order valence-electron chi connectivity index (χ1n) is 9.06. The first-order valence-corrected chi connectivity index (χ1v) is 10.6. The molecule has 3 rings (SSSR count). The van der Waals surface area contributed by atoms with Crippen LogP contribution in [0.3, 0.4) is 0 Å². The summed E-state index contributed by atoms with van der Waals surface area (Å²) in [6.07, 6.45) is 1.22. The van der Waals surface area contributed by atoms with Crippen molar-refractivity contribution in [1.29, 1.82) is 0 Å². The summed E-state index contributed by atoms with van der Waals surface area (Å²) in [5, 5.41) is 0. The van der Waals surface area contributed by atoms with Gasteiger partial charge in [0, 0.05) is 12.5 Å². The van der Waals surface area contributed by atoms with Crippen LogP contribution in [0.2, 0.25) is 0 Å². The van der Waals surface area contributed by atoms with E-state index in [0.717, 1.165) is 12.8 Å². The van der Waals surface area contributed by atoms with Gasteiger partial charge in [-0.15, -0.1) is 0 Å². The summed E-state index contributed by atoms with van der Waals surface area (Å²) in [6.45, 7) is 6.20. The molecular formula is C19H27NO5S. The number of likely N-dealkylation sites (tertiary alicyclic amines) is 1. The molecule has 0 unspecified atom stereocenters. The highest BCUT2D eigenvalue weighted by Gasteiger charge is 2.47. The van der Waals surface area contributed by atoms with E-state index in [1.807, 2.05) is 26.8 Å². The summed E-state index contributed by atoms with van der Waals surface area (Å²) < 4.78 is 36.0. The highest BCUT2D eigenvalue weighted by molar-refractivity contribution is 7.85. The van der Waals surface area contributed by atoms with E-state index in [2.05, 4.69) is 0 Å². The number of carbonyl (C=O) groups is 1. The first kappa shape index (κ1) is 19.2. The average molecular weight is 381 g/mol. The van der Waals surface area contributed by atoms with Crippen LogP contribution in [0.15, 0.2) is 30.3 Å². The van der Waals surface area contributed by atoms with Crippen molar-refractivity contribution in [1.82, 2.24) is 4.90 Å². The SMILES string of the molecule is CC(C)(C)OC(=O)N1C[C@@H](OS(=O)(=O)Cc2ccccc2)[C@H](C2CC2)C1. The van der Waals surface area contributed by atoms with Crippen molar-refractivity contribution < 1.29 is 22.1 Å². The molecule has 144 valence electrons. The highest BCUT2D eigenvalue weighted by Crippen LogP contribution is 2.43. The molecule has 26 heavy (non-hydrogen) atoms. The second kappa shape index (κ2) is 7.19. The van der Waals surface area contributed by atoms with E-state index in [1.165, 1.54) is 0 Å². The molecule has 0 spiro atoms. The van der Waals surface area contributed by atoms with Gasteiger partial charge in [-0.3, -0.25) is 4.18 Å². The van der Waals surface area contributed by atoms with Gasteiger partial charge in [0.2, 0.25) is 0 Å². The van der Waals surface area contributed by atoms with E-state index in [4.69, 9.17) is 8.92 Å². The number of carbonyl (C=O) groups excluding carboxylic acids is 1. The van der Waals surface area contributed by atoms with Gasteiger partial charge in [0.05, 0.1) is 12.6 Å². The summed E-state index contributed by atoms with van der Waals surface area (Å²) in [5.41, 5.74) is 0.113. The Morgan fingerprint density at radius 1 is 1.15 bits per heavy atom. The highest BCUT2D eigenvalue weighted by atomic mass is 32.2. The van der Waals surface area contributed by atoms with E-state index in [-0.39, 0.29) is 18.2 Å². The first-order chi connectivity index (χ1) is 12.1. The summed E-state index contributed by atoms with van der Waals surface area (Å²) in [7, 11) is -3.72. The number of rotatable bonds is 5. The second-order valence-corrected chi connectivity index (χ2v) is 9.81. The van der Waals surface area contributed by atoms with Crippen molar-refractivity contribution in [2.24, 2.45) is 11.8 Å². The van der Waals surface area contributed by atoms with Crippen LogP contribution in [0, 0.1) is 11.8 Å². The Labute approximate surface area is 155 Å². The molecule has 0 radical (unpaired) electrons. The molecule has 2 fully saturated rings. The van der Waals surface area contributed by atoms with Gasteiger partial charge in [0.1, 0.15) is 11.4 Å². The van der Waals surface area contributed by atoms with Crippen molar-refractivity contribution in [2.45, 2.75) is 51.1 Å². The largest absolute Gasteiger partial charge is 0.444 e. The second-order valence-electron chi connectivity index (χ2n) is 8.21. The van der Waals surface area contributed by atoms with Crippen molar-refractivity contribution >= 4 is 16.2 Å². The van der Waals surface area contributed by atoms with Crippen LogP contribution in [-0.2, 0) is 24.8 Å². The average Bonchev–Trinajstić information content (AvgIpc) is 3.27. The van der Waals surface area contributed by atoms with Crippen LogP contribution in [0.25, 0.3) is 0 Å². The normalized spacial score (nSPS) is 23.9. The lowest BCUT2D eigenvalue weighted by Crippen LogP contribution is -2.36. The Morgan fingerprint density at radius 2 is 1.81 bits per heavy atom. The molecule has 1 aromatic rings. The lowest BCUT2D eigenvalue weighted by atomic mass is 10.0. The molecule has 6 nitrogen and oxygen atoms in total. The quantitative estimate of drug-likeness (QED) is 0.733. The predicted molar refractivity (Wildman–Crippen MR) is 98.0 cm³/mol.